The lowest BCUT2D eigenvalue weighted by Crippen LogP contribution is -2.22. The molecule has 2 rings (SSSR count). The van der Waals surface area contributed by atoms with Crippen molar-refractivity contribution in [3.8, 4) is 11.8 Å². The van der Waals surface area contributed by atoms with Crippen LogP contribution in [0, 0.1) is 11.8 Å². The second-order valence-corrected chi connectivity index (χ2v) is 4.71. The normalized spacial score (nSPS) is 9.53. The van der Waals surface area contributed by atoms with Crippen molar-refractivity contribution < 1.29 is 9.90 Å². The van der Waals surface area contributed by atoms with Crippen LogP contribution in [-0.2, 0) is 6.54 Å². The molecule has 2 aromatic rings. The third-order valence-corrected chi connectivity index (χ3v) is 3.38. The molecular formula is C15H13NO2S. The number of hydrogen-bond donors (Lipinski definition) is 2. The summed E-state index contributed by atoms with van der Waals surface area (Å²) in [6.45, 7) is 0.283. The number of rotatable bonds is 3. The zero-order valence-corrected chi connectivity index (χ0v) is 11.0. The fraction of sp³-hybridized carbons (Fsp3) is 0.133. The van der Waals surface area contributed by atoms with Gasteiger partial charge < -0.3 is 10.4 Å². The molecule has 0 bridgehead atoms. The Morgan fingerprint density at radius 3 is 2.79 bits per heavy atom. The summed E-state index contributed by atoms with van der Waals surface area (Å²) in [6.07, 6.45) is 0. The van der Waals surface area contributed by atoms with Crippen LogP contribution in [0.5, 0.6) is 0 Å². The van der Waals surface area contributed by atoms with Crippen LogP contribution in [0.15, 0.2) is 41.8 Å². The number of aliphatic hydroxyl groups excluding tert-OH is 1. The average Bonchev–Trinajstić information content (AvgIpc) is 2.92. The minimum Gasteiger partial charge on any atom is -0.384 e. The molecule has 1 aromatic heterocycles. The van der Waals surface area contributed by atoms with Gasteiger partial charge in [-0.25, -0.2) is 0 Å². The minimum atomic E-state index is -0.207. The lowest BCUT2D eigenvalue weighted by molar-refractivity contribution is 0.0955. The fourth-order valence-electron chi connectivity index (χ4n) is 1.58. The molecule has 3 nitrogen and oxygen atoms in total. The van der Waals surface area contributed by atoms with E-state index in [1.165, 1.54) is 11.3 Å². The number of carbonyl (C=O) groups excluding carboxylic acids is 1. The Kier molecular flexibility index (Phi) is 4.73. The van der Waals surface area contributed by atoms with Gasteiger partial charge in [0.25, 0.3) is 5.91 Å². The van der Waals surface area contributed by atoms with Crippen LogP contribution >= 0.6 is 11.3 Å². The predicted octanol–water partition coefficient (Wildman–Crippen LogP) is 2.02. The molecule has 0 aliphatic heterocycles. The van der Waals surface area contributed by atoms with Crippen molar-refractivity contribution in [1.29, 1.82) is 0 Å². The van der Waals surface area contributed by atoms with Gasteiger partial charge in [0, 0.05) is 12.1 Å². The van der Waals surface area contributed by atoms with Gasteiger partial charge in [0.2, 0.25) is 0 Å². The highest BCUT2D eigenvalue weighted by Crippen LogP contribution is 2.15. The molecule has 0 spiro atoms. The number of thiophene rings is 1. The summed E-state index contributed by atoms with van der Waals surface area (Å²) < 4.78 is 0. The smallest absolute Gasteiger partial charge is 0.262 e. The lowest BCUT2D eigenvalue weighted by atomic mass is 10.2. The van der Waals surface area contributed by atoms with Crippen LogP contribution in [-0.4, -0.2) is 17.6 Å². The molecule has 0 aliphatic rings. The molecule has 0 saturated heterocycles. The molecule has 1 aromatic carbocycles. The Balaban J connectivity index is 2.02. The van der Waals surface area contributed by atoms with Gasteiger partial charge in [-0.15, -0.1) is 11.3 Å². The van der Waals surface area contributed by atoms with Crippen molar-refractivity contribution in [2.24, 2.45) is 0 Å². The quantitative estimate of drug-likeness (QED) is 0.839. The van der Waals surface area contributed by atoms with E-state index in [2.05, 4.69) is 17.2 Å². The maximum Gasteiger partial charge on any atom is 0.262 e. The van der Waals surface area contributed by atoms with E-state index in [1.54, 1.807) is 6.07 Å². The van der Waals surface area contributed by atoms with E-state index in [9.17, 15) is 4.79 Å². The predicted molar refractivity (Wildman–Crippen MR) is 75.9 cm³/mol. The van der Waals surface area contributed by atoms with Gasteiger partial charge >= 0.3 is 0 Å². The molecule has 0 fully saturated rings. The SMILES string of the molecule is O=C(NCc1ccccc1)c1sccc1C#CCO. The van der Waals surface area contributed by atoms with Crippen LogP contribution < -0.4 is 5.32 Å². The van der Waals surface area contributed by atoms with E-state index in [0.29, 0.717) is 17.0 Å². The number of benzene rings is 1. The second-order valence-electron chi connectivity index (χ2n) is 3.79. The van der Waals surface area contributed by atoms with Gasteiger partial charge in [-0.3, -0.25) is 4.79 Å². The molecule has 0 saturated carbocycles. The summed E-state index contributed by atoms with van der Waals surface area (Å²) in [7, 11) is 0. The van der Waals surface area contributed by atoms with E-state index >= 15 is 0 Å². The van der Waals surface area contributed by atoms with E-state index in [4.69, 9.17) is 5.11 Å². The Hall–Kier alpha value is -2.09. The number of amides is 1. The van der Waals surface area contributed by atoms with Crippen LogP contribution in [0.2, 0.25) is 0 Å². The molecule has 19 heavy (non-hydrogen) atoms. The van der Waals surface area contributed by atoms with Gasteiger partial charge in [0.1, 0.15) is 11.5 Å². The monoisotopic (exact) mass is 271 g/mol. The van der Waals surface area contributed by atoms with E-state index in [1.807, 2.05) is 35.7 Å². The van der Waals surface area contributed by atoms with Gasteiger partial charge in [-0.1, -0.05) is 42.2 Å². The molecule has 0 atom stereocenters. The van der Waals surface area contributed by atoms with Crippen LogP contribution in [0.1, 0.15) is 20.8 Å². The first-order valence-electron chi connectivity index (χ1n) is 5.80. The molecular weight excluding hydrogens is 258 g/mol. The van der Waals surface area contributed by atoms with Crippen molar-refractivity contribution in [3.05, 3.63) is 57.8 Å². The average molecular weight is 271 g/mol. The molecule has 2 N–H and O–H groups in total. The van der Waals surface area contributed by atoms with Crippen LogP contribution in [0.3, 0.4) is 0 Å². The number of carbonyl (C=O) groups is 1. The number of aliphatic hydroxyl groups is 1. The van der Waals surface area contributed by atoms with Gasteiger partial charge in [0.05, 0.1) is 0 Å². The van der Waals surface area contributed by atoms with E-state index in [-0.39, 0.29) is 12.5 Å². The highest BCUT2D eigenvalue weighted by molar-refractivity contribution is 7.12. The molecule has 1 heterocycles. The molecule has 0 unspecified atom stereocenters. The van der Waals surface area contributed by atoms with Crippen molar-refractivity contribution in [1.82, 2.24) is 5.32 Å². The first kappa shape index (κ1) is 13.3. The summed E-state index contributed by atoms with van der Waals surface area (Å²) in [5, 5.41) is 13.4. The zero-order valence-electron chi connectivity index (χ0n) is 10.2. The zero-order chi connectivity index (χ0) is 13.5. The standard InChI is InChI=1S/C15H13NO2S/c17-9-4-7-13-8-10-19-14(13)15(18)16-11-12-5-2-1-3-6-12/h1-3,5-6,8,10,17H,9,11H2,(H,16,18). The first-order chi connectivity index (χ1) is 9.31. The van der Waals surface area contributed by atoms with Crippen molar-refractivity contribution in [2.75, 3.05) is 6.61 Å². The Labute approximate surface area is 115 Å². The summed E-state index contributed by atoms with van der Waals surface area (Å²) >= 11 is 1.35. The topological polar surface area (TPSA) is 49.3 Å². The highest BCUT2D eigenvalue weighted by atomic mass is 32.1. The van der Waals surface area contributed by atoms with Crippen molar-refractivity contribution in [3.63, 3.8) is 0 Å². The highest BCUT2D eigenvalue weighted by Gasteiger charge is 2.11. The molecule has 96 valence electrons. The third kappa shape index (κ3) is 3.68. The largest absolute Gasteiger partial charge is 0.384 e. The molecule has 0 radical (unpaired) electrons. The third-order valence-electron chi connectivity index (χ3n) is 2.47. The maximum atomic E-state index is 12.0. The lowest BCUT2D eigenvalue weighted by Gasteiger charge is -2.04. The van der Waals surface area contributed by atoms with Crippen LogP contribution in [0.4, 0.5) is 0 Å². The van der Waals surface area contributed by atoms with E-state index < -0.39 is 0 Å². The van der Waals surface area contributed by atoms with Crippen molar-refractivity contribution >= 4 is 17.2 Å². The minimum absolute atomic E-state index is 0.138. The van der Waals surface area contributed by atoms with E-state index in [0.717, 1.165) is 5.56 Å². The number of hydrogen-bond acceptors (Lipinski definition) is 3. The molecule has 4 heteroatoms. The molecule has 0 aliphatic carbocycles. The summed E-state index contributed by atoms with van der Waals surface area (Å²) in [6, 6.07) is 11.5. The van der Waals surface area contributed by atoms with Gasteiger partial charge in [-0.05, 0) is 17.0 Å². The van der Waals surface area contributed by atoms with Crippen molar-refractivity contribution in [2.45, 2.75) is 6.54 Å². The number of nitrogens with one attached hydrogen (secondary N) is 1. The molecule has 1 amide bonds. The van der Waals surface area contributed by atoms with Gasteiger partial charge in [0.15, 0.2) is 0 Å². The Morgan fingerprint density at radius 2 is 2.05 bits per heavy atom. The van der Waals surface area contributed by atoms with Gasteiger partial charge in [-0.2, -0.15) is 0 Å². The Morgan fingerprint density at radius 1 is 1.26 bits per heavy atom. The second kappa shape index (κ2) is 6.74. The first-order valence-corrected chi connectivity index (χ1v) is 6.68. The summed E-state index contributed by atoms with van der Waals surface area (Å²) in [5.74, 6) is 5.19. The summed E-state index contributed by atoms with van der Waals surface area (Å²) in [4.78, 5) is 12.6. The van der Waals surface area contributed by atoms with Crippen LogP contribution in [0.25, 0.3) is 0 Å². The maximum absolute atomic E-state index is 12.0. The summed E-state index contributed by atoms with van der Waals surface area (Å²) in [5.41, 5.74) is 1.71. The Bertz CT molecular complexity index is 608. The fourth-order valence-corrected chi connectivity index (χ4v) is 2.34.